The Hall–Kier alpha value is -0.740. The van der Waals surface area contributed by atoms with Crippen LogP contribution in [0.3, 0.4) is 0 Å². The summed E-state index contributed by atoms with van der Waals surface area (Å²) in [6, 6.07) is 0. The van der Waals surface area contributed by atoms with Gasteiger partial charge >= 0.3 is 0 Å². The summed E-state index contributed by atoms with van der Waals surface area (Å²) in [5, 5.41) is 64.3. The fraction of sp³-hybridized carbons (Fsp3) is 0.947. The highest BCUT2D eigenvalue weighted by Gasteiger charge is 2.69. The molecule has 284 valence electrons. The molecule has 0 aromatic heterocycles. The van der Waals surface area contributed by atoms with Crippen molar-refractivity contribution < 1.29 is 59.1 Å². The molecule has 0 amide bonds. The zero-order chi connectivity index (χ0) is 35.5. The molecule has 12 nitrogen and oxygen atoms in total. The number of fused-ring (bicyclic) bond motifs is 7. The van der Waals surface area contributed by atoms with E-state index in [1.807, 2.05) is 0 Å². The van der Waals surface area contributed by atoms with Gasteiger partial charge in [0.05, 0.1) is 37.6 Å². The van der Waals surface area contributed by atoms with E-state index in [1.165, 1.54) is 5.57 Å². The first-order valence-electron chi connectivity index (χ1n) is 19.4. The van der Waals surface area contributed by atoms with Gasteiger partial charge in [-0.2, -0.15) is 0 Å². The van der Waals surface area contributed by atoms with E-state index >= 15 is 0 Å². The minimum absolute atomic E-state index is 0.140. The molecule has 4 aliphatic heterocycles. The highest BCUT2D eigenvalue weighted by atomic mass is 16.7. The standard InChI is InChI=1S/C38H60O12/c1-17-8-11-38(46-15-17)18(2)28-26(50-38)14-24-22-7-6-20-12-21(39)13-27(37(20,5)23(22)9-10-36(24,28)4)48-35-32(44)33(29(41)19(3)47-35)49-34-31(43)30(42)25(40)16-45-34/h6,17-19,21-35,39-44H,7-16H2,1-5H3/t17-,18+,19-,21-,22-,23+,24+,25-,26+,27-,28+,29+,30+,31-,32-,33+,34+,35+,36+,37+,38-/m1/s1. The van der Waals surface area contributed by atoms with Crippen molar-refractivity contribution in [1.82, 2.24) is 0 Å². The van der Waals surface area contributed by atoms with Gasteiger partial charge in [-0.3, -0.25) is 0 Å². The molecule has 4 saturated heterocycles. The average molecular weight is 709 g/mol. The molecule has 0 aromatic carbocycles. The Morgan fingerprint density at radius 1 is 0.820 bits per heavy atom. The zero-order valence-corrected chi connectivity index (χ0v) is 30.2. The Kier molecular flexibility index (Phi) is 9.38. The maximum atomic E-state index is 11.6. The van der Waals surface area contributed by atoms with Gasteiger partial charge in [-0.15, -0.1) is 0 Å². The molecule has 3 saturated carbocycles. The van der Waals surface area contributed by atoms with Gasteiger partial charge in [0.25, 0.3) is 0 Å². The predicted molar refractivity (Wildman–Crippen MR) is 177 cm³/mol. The van der Waals surface area contributed by atoms with Crippen molar-refractivity contribution in [2.24, 2.45) is 46.3 Å². The molecule has 1 spiro atoms. The Bertz CT molecular complexity index is 1290. The lowest BCUT2D eigenvalue weighted by molar-refractivity contribution is -0.355. The topological polar surface area (TPSA) is 177 Å². The van der Waals surface area contributed by atoms with Crippen molar-refractivity contribution in [3.63, 3.8) is 0 Å². The molecule has 21 atom stereocenters. The van der Waals surface area contributed by atoms with E-state index in [9.17, 15) is 30.6 Å². The van der Waals surface area contributed by atoms with E-state index in [1.54, 1.807) is 6.92 Å². The third-order valence-electron chi connectivity index (χ3n) is 15.2. The lowest BCUT2D eigenvalue weighted by atomic mass is 9.46. The van der Waals surface area contributed by atoms with E-state index in [-0.39, 0.29) is 18.1 Å². The van der Waals surface area contributed by atoms with Gasteiger partial charge in [-0.05, 0) is 80.5 Å². The van der Waals surface area contributed by atoms with Gasteiger partial charge in [-0.1, -0.05) is 39.3 Å². The molecule has 0 unspecified atom stereocenters. The summed E-state index contributed by atoms with van der Waals surface area (Å²) >= 11 is 0. The van der Waals surface area contributed by atoms with Crippen LogP contribution < -0.4 is 0 Å². The molecule has 0 bridgehead atoms. The highest BCUT2D eigenvalue weighted by molar-refractivity contribution is 5.28. The number of ether oxygens (including phenoxy) is 6. The number of rotatable bonds is 4. The zero-order valence-electron chi connectivity index (χ0n) is 30.2. The van der Waals surface area contributed by atoms with E-state index in [0.29, 0.717) is 48.3 Å². The molecule has 12 heteroatoms. The quantitative estimate of drug-likeness (QED) is 0.235. The molecule has 8 rings (SSSR count). The summed E-state index contributed by atoms with van der Waals surface area (Å²) in [5.41, 5.74) is 0.941. The molecule has 4 heterocycles. The summed E-state index contributed by atoms with van der Waals surface area (Å²) < 4.78 is 37.6. The van der Waals surface area contributed by atoms with E-state index in [2.05, 4.69) is 33.8 Å². The van der Waals surface area contributed by atoms with Gasteiger partial charge in [0.2, 0.25) is 0 Å². The summed E-state index contributed by atoms with van der Waals surface area (Å²) in [6.45, 7) is 11.6. The SMILES string of the molecule is C[C@@H]1CC[C@@]2(OC1)O[C@H]1C[C@H]3[C@@H]4CC=C5C[C@@H](O)C[C@@H](O[C@@H]6O[C@H](C)[C@H](O)[C@H](O[C@@H]7OC[C@@H](O)[C@H](O)[C@H]7O)[C@H]6O)[C@]5(C)[C@H]4CC[C@]3(C)[C@H]1[C@@H]2C. The van der Waals surface area contributed by atoms with Crippen molar-refractivity contribution >= 4 is 0 Å². The summed E-state index contributed by atoms with van der Waals surface area (Å²) in [5.74, 6) is 2.12. The van der Waals surface area contributed by atoms with Gasteiger partial charge < -0.3 is 59.1 Å². The summed E-state index contributed by atoms with van der Waals surface area (Å²) in [7, 11) is 0. The lowest BCUT2D eigenvalue weighted by Crippen LogP contribution is -2.64. The summed E-state index contributed by atoms with van der Waals surface area (Å²) in [6.07, 6.45) is -3.08. The second-order valence-corrected chi connectivity index (χ2v) is 17.9. The molecular weight excluding hydrogens is 648 g/mol. The maximum absolute atomic E-state index is 11.6. The van der Waals surface area contributed by atoms with Crippen LogP contribution in [0.25, 0.3) is 0 Å². The Morgan fingerprint density at radius 2 is 1.60 bits per heavy atom. The highest BCUT2D eigenvalue weighted by Crippen LogP contribution is 2.71. The molecule has 8 aliphatic rings. The minimum Gasteiger partial charge on any atom is -0.393 e. The van der Waals surface area contributed by atoms with Gasteiger partial charge in [0.15, 0.2) is 18.4 Å². The molecule has 6 N–H and O–H groups in total. The van der Waals surface area contributed by atoms with Crippen LogP contribution in [0.1, 0.15) is 86.0 Å². The molecule has 0 radical (unpaired) electrons. The summed E-state index contributed by atoms with van der Waals surface area (Å²) in [4.78, 5) is 0. The smallest absolute Gasteiger partial charge is 0.186 e. The number of hydrogen-bond donors (Lipinski definition) is 6. The number of aliphatic hydroxyl groups is 6. The molecule has 50 heavy (non-hydrogen) atoms. The van der Waals surface area contributed by atoms with Crippen molar-refractivity contribution in [3.8, 4) is 0 Å². The fourth-order valence-electron chi connectivity index (χ4n) is 12.4. The second kappa shape index (κ2) is 12.9. The van der Waals surface area contributed by atoms with Crippen molar-refractivity contribution in [2.75, 3.05) is 13.2 Å². The molecule has 0 aromatic rings. The third-order valence-corrected chi connectivity index (χ3v) is 15.2. The molecule has 4 aliphatic carbocycles. The van der Waals surface area contributed by atoms with Crippen LogP contribution in [0.2, 0.25) is 0 Å². The third kappa shape index (κ3) is 5.45. The van der Waals surface area contributed by atoms with Crippen LogP contribution in [0.15, 0.2) is 11.6 Å². The molecular formula is C38H60O12. The first-order chi connectivity index (χ1) is 23.7. The monoisotopic (exact) mass is 708 g/mol. The van der Waals surface area contributed by atoms with Crippen LogP contribution in [0, 0.1) is 46.3 Å². The maximum Gasteiger partial charge on any atom is 0.186 e. The van der Waals surface area contributed by atoms with Crippen LogP contribution in [0.4, 0.5) is 0 Å². The van der Waals surface area contributed by atoms with Crippen LogP contribution in [-0.2, 0) is 28.4 Å². The van der Waals surface area contributed by atoms with Crippen LogP contribution >= 0.6 is 0 Å². The van der Waals surface area contributed by atoms with Crippen molar-refractivity contribution in [1.29, 1.82) is 0 Å². The van der Waals surface area contributed by atoms with E-state index in [4.69, 9.17) is 28.4 Å². The van der Waals surface area contributed by atoms with E-state index in [0.717, 1.165) is 45.1 Å². The number of aliphatic hydroxyl groups excluding tert-OH is 6. The van der Waals surface area contributed by atoms with Crippen molar-refractivity contribution in [2.45, 2.75) is 165 Å². The predicted octanol–water partition coefficient (Wildman–Crippen LogP) is 2.00. The Balaban J connectivity index is 1.02. The minimum atomic E-state index is -1.58. The largest absolute Gasteiger partial charge is 0.393 e. The Labute approximate surface area is 295 Å². The normalized spacial score (nSPS) is 59.3. The van der Waals surface area contributed by atoms with Gasteiger partial charge in [0.1, 0.15) is 36.6 Å². The van der Waals surface area contributed by atoms with E-state index < -0.39 is 78.7 Å². The van der Waals surface area contributed by atoms with Gasteiger partial charge in [-0.25, -0.2) is 0 Å². The fourth-order valence-corrected chi connectivity index (χ4v) is 12.4. The van der Waals surface area contributed by atoms with Gasteiger partial charge in [0, 0.05) is 24.2 Å². The lowest BCUT2D eigenvalue weighted by Gasteiger charge is -2.60. The second-order valence-electron chi connectivity index (χ2n) is 17.9. The van der Waals surface area contributed by atoms with Crippen molar-refractivity contribution in [3.05, 3.63) is 11.6 Å². The number of hydrogen-bond acceptors (Lipinski definition) is 12. The molecule has 7 fully saturated rings. The first-order valence-corrected chi connectivity index (χ1v) is 19.4. The number of allylic oxidation sites excluding steroid dienone is 1. The van der Waals surface area contributed by atoms with Crippen LogP contribution in [0.5, 0.6) is 0 Å². The average Bonchev–Trinajstić information content (AvgIpc) is 3.53. The van der Waals surface area contributed by atoms with Crippen LogP contribution in [-0.4, -0.2) is 123 Å². The first kappa shape index (κ1) is 36.2. The Morgan fingerprint density at radius 3 is 2.34 bits per heavy atom.